The van der Waals surface area contributed by atoms with E-state index in [9.17, 15) is 4.79 Å². The van der Waals surface area contributed by atoms with Crippen molar-refractivity contribution in [3.63, 3.8) is 0 Å². The Morgan fingerprint density at radius 2 is 2.17 bits per heavy atom. The molecule has 4 nitrogen and oxygen atoms in total. The summed E-state index contributed by atoms with van der Waals surface area (Å²) >= 11 is 0. The van der Waals surface area contributed by atoms with E-state index < -0.39 is 0 Å². The number of nitrogen functional groups attached to an aromatic ring is 1. The predicted molar refractivity (Wildman–Crippen MR) is 75.2 cm³/mol. The molecule has 2 atom stereocenters. The SMILES string of the molecule is CCOC(=O)C1Nc2ccc(N)cc2C1CC.Cl. The van der Waals surface area contributed by atoms with Crippen LogP contribution in [0.3, 0.4) is 0 Å². The van der Waals surface area contributed by atoms with Gasteiger partial charge in [0.1, 0.15) is 6.04 Å². The van der Waals surface area contributed by atoms with Crippen molar-refractivity contribution in [1.82, 2.24) is 0 Å². The van der Waals surface area contributed by atoms with Gasteiger partial charge in [-0.25, -0.2) is 4.79 Å². The first kappa shape index (κ1) is 14.6. The number of benzene rings is 1. The van der Waals surface area contributed by atoms with Gasteiger partial charge in [0.15, 0.2) is 0 Å². The molecule has 1 aromatic carbocycles. The van der Waals surface area contributed by atoms with Gasteiger partial charge in [-0.2, -0.15) is 0 Å². The van der Waals surface area contributed by atoms with E-state index in [0.29, 0.717) is 6.61 Å². The second-order valence-corrected chi connectivity index (χ2v) is 4.24. The van der Waals surface area contributed by atoms with E-state index in [1.54, 1.807) is 0 Å². The zero-order valence-corrected chi connectivity index (χ0v) is 11.4. The molecule has 0 spiro atoms. The minimum atomic E-state index is -0.281. The first-order valence-corrected chi connectivity index (χ1v) is 6.00. The van der Waals surface area contributed by atoms with Gasteiger partial charge in [-0.3, -0.25) is 0 Å². The Morgan fingerprint density at radius 3 is 2.78 bits per heavy atom. The number of carbonyl (C=O) groups excluding carboxylic acids is 1. The smallest absolute Gasteiger partial charge is 0.329 e. The van der Waals surface area contributed by atoms with Gasteiger partial charge in [0.05, 0.1) is 6.61 Å². The zero-order chi connectivity index (χ0) is 12.4. The average molecular weight is 271 g/mol. The van der Waals surface area contributed by atoms with Crippen molar-refractivity contribution in [1.29, 1.82) is 0 Å². The molecular formula is C13H19ClN2O2. The van der Waals surface area contributed by atoms with Crippen LogP contribution in [0.15, 0.2) is 18.2 Å². The van der Waals surface area contributed by atoms with E-state index in [1.165, 1.54) is 0 Å². The molecule has 1 heterocycles. The van der Waals surface area contributed by atoms with E-state index >= 15 is 0 Å². The predicted octanol–water partition coefficient (Wildman–Crippen LogP) is 2.54. The van der Waals surface area contributed by atoms with Crippen molar-refractivity contribution < 1.29 is 9.53 Å². The molecule has 100 valence electrons. The lowest BCUT2D eigenvalue weighted by molar-refractivity contribution is -0.144. The first-order valence-electron chi connectivity index (χ1n) is 6.00. The number of ether oxygens (including phenoxy) is 1. The van der Waals surface area contributed by atoms with Gasteiger partial charge < -0.3 is 15.8 Å². The number of nitrogens with two attached hydrogens (primary N) is 1. The molecule has 2 rings (SSSR count). The van der Waals surface area contributed by atoms with Gasteiger partial charge in [-0.15, -0.1) is 12.4 Å². The van der Waals surface area contributed by atoms with Crippen LogP contribution in [0.1, 0.15) is 31.7 Å². The molecule has 0 fully saturated rings. The van der Waals surface area contributed by atoms with E-state index in [-0.39, 0.29) is 30.3 Å². The number of carbonyl (C=O) groups is 1. The molecule has 0 aliphatic carbocycles. The first-order chi connectivity index (χ1) is 8.17. The van der Waals surface area contributed by atoms with Crippen LogP contribution >= 0.6 is 12.4 Å². The molecular weight excluding hydrogens is 252 g/mol. The second kappa shape index (κ2) is 5.96. The van der Waals surface area contributed by atoms with Crippen LogP contribution in [0, 0.1) is 0 Å². The van der Waals surface area contributed by atoms with Gasteiger partial charge in [0.2, 0.25) is 0 Å². The normalized spacial score (nSPS) is 20.6. The zero-order valence-electron chi connectivity index (χ0n) is 10.6. The number of anilines is 2. The Balaban J connectivity index is 0.00000162. The fraction of sp³-hybridized carbons (Fsp3) is 0.462. The van der Waals surface area contributed by atoms with E-state index in [1.807, 2.05) is 25.1 Å². The monoisotopic (exact) mass is 270 g/mol. The van der Waals surface area contributed by atoms with Crippen molar-refractivity contribution >= 4 is 29.8 Å². The molecule has 18 heavy (non-hydrogen) atoms. The summed E-state index contributed by atoms with van der Waals surface area (Å²) in [4.78, 5) is 11.9. The Labute approximate surface area is 113 Å². The lowest BCUT2D eigenvalue weighted by Crippen LogP contribution is -2.32. The molecule has 2 unspecified atom stereocenters. The lowest BCUT2D eigenvalue weighted by atomic mass is 9.92. The molecule has 0 aromatic heterocycles. The number of esters is 1. The molecule has 1 aliphatic heterocycles. The third kappa shape index (κ3) is 2.53. The highest BCUT2D eigenvalue weighted by Gasteiger charge is 2.36. The maximum absolute atomic E-state index is 11.9. The summed E-state index contributed by atoms with van der Waals surface area (Å²) < 4.78 is 5.09. The van der Waals surface area contributed by atoms with Gasteiger partial charge in [0.25, 0.3) is 0 Å². The van der Waals surface area contributed by atoms with Crippen LogP contribution in [0.5, 0.6) is 0 Å². The van der Waals surface area contributed by atoms with Crippen molar-refractivity contribution in [3.05, 3.63) is 23.8 Å². The highest BCUT2D eigenvalue weighted by atomic mass is 35.5. The minimum Gasteiger partial charge on any atom is -0.464 e. The van der Waals surface area contributed by atoms with Crippen molar-refractivity contribution in [3.8, 4) is 0 Å². The summed E-state index contributed by atoms with van der Waals surface area (Å²) in [5.41, 5.74) is 8.62. The van der Waals surface area contributed by atoms with Crippen LogP contribution in [0.25, 0.3) is 0 Å². The summed E-state index contributed by atoms with van der Waals surface area (Å²) in [6.07, 6.45) is 0.882. The summed E-state index contributed by atoms with van der Waals surface area (Å²) in [7, 11) is 0. The standard InChI is InChI=1S/C13H18N2O2.ClH/c1-3-9-10-7-8(14)5-6-11(10)15-12(9)13(16)17-4-2;/h5-7,9,12,15H,3-4,14H2,1-2H3;1H. The Hall–Kier alpha value is -1.42. The van der Waals surface area contributed by atoms with Crippen molar-refractivity contribution in [2.24, 2.45) is 0 Å². The van der Waals surface area contributed by atoms with Crippen LogP contribution < -0.4 is 11.1 Å². The van der Waals surface area contributed by atoms with Gasteiger partial charge in [-0.05, 0) is 37.1 Å². The molecule has 0 saturated carbocycles. The van der Waals surface area contributed by atoms with Gasteiger partial charge in [-0.1, -0.05) is 6.92 Å². The number of rotatable bonds is 3. The lowest BCUT2D eigenvalue weighted by Gasteiger charge is -2.17. The maximum atomic E-state index is 11.9. The molecule has 0 radical (unpaired) electrons. The molecule has 1 aromatic rings. The quantitative estimate of drug-likeness (QED) is 0.654. The summed E-state index contributed by atoms with van der Waals surface area (Å²) in [5, 5.41) is 3.22. The van der Waals surface area contributed by atoms with Crippen molar-refractivity contribution in [2.45, 2.75) is 32.2 Å². The largest absolute Gasteiger partial charge is 0.464 e. The summed E-state index contributed by atoms with van der Waals surface area (Å²) in [5.74, 6) is -0.0401. The van der Waals surface area contributed by atoms with Crippen LogP contribution in [0.4, 0.5) is 11.4 Å². The molecule has 0 bridgehead atoms. The fourth-order valence-electron chi connectivity index (χ4n) is 2.38. The summed E-state index contributed by atoms with van der Waals surface area (Å²) in [6.45, 7) is 4.29. The Bertz CT molecular complexity index is 437. The number of halogens is 1. The average Bonchev–Trinajstić information content (AvgIpc) is 2.67. The van der Waals surface area contributed by atoms with Gasteiger partial charge >= 0.3 is 5.97 Å². The van der Waals surface area contributed by atoms with Crippen LogP contribution in [-0.2, 0) is 9.53 Å². The maximum Gasteiger partial charge on any atom is 0.329 e. The number of nitrogens with one attached hydrogen (secondary N) is 1. The third-order valence-electron chi connectivity index (χ3n) is 3.17. The van der Waals surface area contributed by atoms with E-state index in [2.05, 4.69) is 12.2 Å². The highest BCUT2D eigenvalue weighted by molar-refractivity contribution is 5.85. The number of hydrogen-bond acceptors (Lipinski definition) is 4. The fourth-order valence-corrected chi connectivity index (χ4v) is 2.38. The van der Waals surface area contributed by atoms with Gasteiger partial charge in [0, 0.05) is 17.3 Å². The number of hydrogen-bond donors (Lipinski definition) is 2. The molecule has 1 aliphatic rings. The molecule has 5 heteroatoms. The highest BCUT2D eigenvalue weighted by Crippen LogP contribution is 2.39. The Morgan fingerprint density at radius 1 is 1.44 bits per heavy atom. The third-order valence-corrected chi connectivity index (χ3v) is 3.17. The second-order valence-electron chi connectivity index (χ2n) is 4.24. The summed E-state index contributed by atoms with van der Waals surface area (Å²) in [6, 6.07) is 5.42. The van der Waals surface area contributed by atoms with Crippen molar-refractivity contribution in [2.75, 3.05) is 17.7 Å². The molecule has 0 saturated heterocycles. The minimum absolute atomic E-state index is 0. The molecule has 0 amide bonds. The topological polar surface area (TPSA) is 64.3 Å². The van der Waals surface area contributed by atoms with Crippen LogP contribution in [0.2, 0.25) is 0 Å². The van der Waals surface area contributed by atoms with E-state index in [0.717, 1.165) is 23.4 Å². The molecule has 3 N–H and O–H groups in total. The number of fused-ring (bicyclic) bond motifs is 1. The van der Waals surface area contributed by atoms with Crippen LogP contribution in [-0.4, -0.2) is 18.6 Å². The Kier molecular flexibility index (Phi) is 4.84. The van der Waals surface area contributed by atoms with E-state index in [4.69, 9.17) is 10.5 Å².